The fourth-order valence-electron chi connectivity index (χ4n) is 5.35. The van der Waals surface area contributed by atoms with Crippen LogP contribution in [0.1, 0.15) is 55.2 Å². The second-order valence-electron chi connectivity index (χ2n) is 8.97. The minimum absolute atomic E-state index is 0.0205. The van der Waals surface area contributed by atoms with Gasteiger partial charge in [0.2, 0.25) is 0 Å². The van der Waals surface area contributed by atoms with Gasteiger partial charge in [-0.1, -0.05) is 50.1 Å². The van der Waals surface area contributed by atoms with Gasteiger partial charge in [0.05, 0.1) is 5.69 Å². The van der Waals surface area contributed by atoms with Crippen LogP contribution in [0.15, 0.2) is 42.5 Å². The molecule has 5 nitrogen and oxygen atoms in total. The van der Waals surface area contributed by atoms with E-state index in [1.807, 2.05) is 4.90 Å². The molecule has 0 unspecified atom stereocenters. The van der Waals surface area contributed by atoms with Crippen LogP contribution in [0, 0.1) is 11.8 Å². The van der Waals surface area contributed by atoms with E-state index in [0.717, 1.165) is 36.3 Å². The molecule has 0 spiro atoms. The number of aromatic nitrogens is 3. The number of fused-ring (bicyclic) bond motifs is 2. The molecule has 1 aliphatic carbocycles. The van der Waals surface area contributed by atoms with E-state index in [4.69, 9.17) is 0 Å². The Morgan fingerprint density at radius 1 is 1.06 bits per heavy atom. The summed E-state index contributed by atoms with van der Waals surface area (Å²) >= 11 is 0. The first-order valence-corrected chi connectivity index (χ1v) is 11.2. The van der Waals surface area contributed by atoms with Gasteiger partial charge in [0.15, 0.2) is 17.0 Å². The monoisotopic (exact) mass is 442 g/mol. The van der Waals surface area contributed by atoms with Crippen LogP contribution in [0.25, 0.3) is 16.9 Å². The number of carbonyl (C=O) groups is 1. The van der Waals surface area contributed by atoms with Gasteiger partial charge >= 0.3 is 6.18 Å². The van der Waals surface area contributed by atoms with Crippen molar-refractivity contribution in [1.82, 2.24) is 19.5 Å². The third-order valence-electron chi connectivity index (χ3n) is 7.01. The Hall–Kier alpha value is -2.90. The molecule has 2 aliphatic rings. The fourth-order valence-corrected chi connectivity index (χ4v) is 5.35. The molecule has 32 heavy (non-hydrogen) atoms. The molecule has 3 aromatic rings. The Kier molecular flexibility index (Phi) is 5.18. The largest absolute Gasteiger partial charge is 0.433 e. The molecule has 1 aromatic carbocycles. The molecule has 1 amide bonds. The first kappa shape index (κ1) is 21.0. The summed E-state index contributed by atoms with van der Waals surface area (Å²) in [5.41, 5.74) is -0.129. The quantitative estimate of drug-likeness (QED) is 0.530. The summed E-state index contributed by atoms with van der Waals surface area (Å²) in [5.74, 6) is 0.707. The van der Waals surface area contributed by atoms with Gasteiger partial charge in [0, 0.05) is 24.2 Å². The van der Waals surface area contributed by atoms with Crippen LogP contribution < -0.4 is 0 Å². The van der Waals surface area contributed by atoms with Crippen molar-refractivity contribution in [3.05, 3.63) is 53.9 Å². The van der Waals surface area contributed by atoms with Crippen molar-refractivity contribution in [3.8, 4) is 11.3 Å². The molecular weight excluding hydrogens is 417 g/mol. The van der Waals surface area contributed by atoms with Crippen molar-refractivity contribution in [1.29, 1.82) is 0 Å². The van der Waals surface area contributed by atoms with Crippen molar-refractivity contribution in [2.24, 2.45) is 11.8 Å². The van der Waals surface area contributed by atoms with Gasteiger partial charge < -0.3 is 4.90 Å². The van der Waals surface area contributed by atoms with Gasteiger partial charge in [-0.15, -0.1) is 0 Å². The fraction of sp³-hybridized carbons (Fsp3) is 0.458. The molecule has 0 bridgehead atoms. The Morgan fingerprint density at radius 2 is 1.81 bits per heavy atom. The number of benzene rings is 1. The van der Waals surface area contributed by atoms with E-state index in [1.165, 1.54) is 12.5 Å². The maximum Gasteiger partial charge on any atom is 0.433 e. The topological polar surface area (TPSA) is 50.5 Å². The lowest BCUT2D eigenvalue weighted by Gasteiger charge is -2.47. The zero-order valence-corrected chi connectivity index (χ0v) is 17.8. The lowest BCUT2D eigenvalue weighted by molar-refractivity contribution is -0.142. The molecule has 1 saturated carbocycles. The van der Waals surface area contributed by atoms with Crippen molar-refractivity contribution in [2.45, 2.75) is 51.2 Å². The summed E-state index contributed by atoms with van der Waals surface area (Å²) < 4.78 is 42.3. The lowest BCUT2D eigenvalue weighted by Crippen LogP contribution is -2.52. The van der Waals surface area contributed by atoms with E-state index in [1.54, 1.807) is 30.3 Å². The van der Waals surface area contributed by atoms with E-state index in [2.05, 4.69) is 17.0 Å². The highest BCUT2D eigenvalue weighted by Gasteiger charge is 2.41. The van der Waals surface area contributed by atoms with Crippen molar-refractivity contribution in [2.75, 3.05) is 6.54 Å². The third kappa shape index (κ3) is 3.65. The Bertz CT molecular complexity index is 1140. The number of rotatable bonds is 2. The number of halogens is 3. The lowest BCUT2D eigenvalue weighted by atomic mass is 9.72. The van der Waals surface area contributed by atoms with Crippen LogP contribution >= 0.6 is 0 Å². The Labute approximate surface area is 184 Å². The normalized spacial score (nSPS) is 23.9. The molecule has 8 heteroatoms. The third-order valence-corrected chi connectivity index (χ3v) is 7.01. The molecule has 3 heterocycles. The molecular formula is C24H25F3N4O. The second kappa shape index (κ2) is 7.90. The zero-order chi connectivity index (χ0) is 22.5. The first-order valence-electron chi connectivity index (χ1n) is 11.2. The highest BCUT2D eigenvalue weighted by molar-refractivity contribution is 5.93. The molecule has 0 radical (unpaired) electrons. The molecule has 1 saturated heterocycles. The van der Waals surface area contributed by atoms with Crippen LogP contribution in [0.2, 0.25) is 0 Å². The average molecular weight is 442 g/mol. The number of alkyl halides is 3. The number of hydrogen-bond donors (Lipinski definition) is 0. The van der Waals surface area contributed by atoms with Gasteiger partial charge in [-0.25, -0.2) is 9.50 Å². The predicted molar refractivity (Wildman–Crippen MR) is 114 cm³/mol. The maximum atomic E-state index is 13.9. The SMILES string of the molecule is C[C@@H]1CCN(C(=O)c2cc3nc(-c4ccccc4)cc(C(F)(F)F)n3n2)[C@@H]2CCCC[C@@H]12. The minimum atomic E-state index is -4.63. The number of piperidine rings is 1. The first-order chi connectivity index (χ1) is 15.3. The number of carbonyl (C=O) groups excluding carboxylic acids is 1. The average Bonchev–Trinajstić information content (AvgIpc) is 3.22. The van der Waals surface area contributed by atoms with Gasteiger partial charge in [-0.2, -0.15) is 18.3 Å². The van der Waals surface area contributed by atoms with E-state index >= 15 is 0 Å². The van der Waals surface area contributed by atoms with Gasteiger partial charge in [0.25, 0.3) is 5.91 Å². The Balaban J connectivity index is 1.56. The summed E-state index contributed by atoms with van der Waals surface area (Å²) in [5, 5.41) is 4.09. The maximum absolute atomic E-state index is 13.9. The highest BCUT2D eigenvalue weighted by atomic mass is 19.4. The summed E-state index contributed by atoms with van der Waals surface area (Å²) in [7, 11) is 0. The van der Waals surface area contributed by atoms with Crippen LogP contribution in [0.4, 0.5) is 13.2 Å². The summed E-state index contributed by atoms with van der Waals surface area (Å²) in [6.07, 6.45) is 0.557. The molecule has 168 valence electrons. The summed E-state index contributed by atoms with van der Waals surface area (Å²) in [6.45, 7) is 2.85. The Morgan fingerprint density at radius 3 is 2.56 bits per heavy atom. The van der Waals surface area contributed by atoms with E-state index in [0.29, 0.717) is 23.9 Å². The molecule has 3 atom stereocenters. The van der Waals surface area contributed by atoms with Crippen LogP contribution in [0.3, 0.4) is 0 Å². The van der Waals surface area contributed by atoms with E-state index in [9.17, 15) is 18.0 Å². The zero-order valence-electron chi connectivity index (χ0n) is 17.8. The second-order valence-corrected chi connectivity index (χ2v) is 8.97. The van der Waals surface area contributed by atoms with Crippen molar-refractivity contribution >= 4 is 11.6 Å². The van der Waals surface area contributed by atoms with Crippen LogP contribution in [0.5, 0.6) is 0 Å². The van der Waals surface area contributed by atoms with Crippen LogP contribution in [-0.4, -0.2) is 38.0 Å². The van der Waals surface area contributed by atoms with Crippen molar-refractivity contribution < 1.29 is 18.0 Å². The number of hydrogen-bond acceptors (Lipinski definition) is 3. The van der Waals surface area contributed by atoms with Crippen LogP contribution in [-0.2, 0) is 6.18 Å². The molecule has 5 rings (SSSR count). The summed E-state index contributed by atoms with van der Waals surface area (Å²) in [6, 6.07) is 11.2. The minimum Gasteiger partial charge on any atom is -0.334 e. The molecule has 2 aromatic heterocycles. The number of likely N-dealkylation sites (tertiary alicyclic amines) is 1. The van der Waals surface area contributed by atoms with Gasteiger partial charge in [0.1, 0.15) is 0 Å². The smallest absolute Gasteiger partial charge is 0.334 e. The van der Waals surface area contributed by atoms with Crippen molar-refractivity contribution in [3.63, 3.8) is 0 Å². The molecule has 1 aliphatic heterocycles. The highest BCUT2D eigenvalue weighted by Crippen LogP contribution is 2.39. The number of amides is 1. The molecule has 0 N–H and O–H groups in total. The standard InChI is InChI=1S/C24H25F3N4O/c1-15-11-12-30(20-10-6-5-9-17(15)20)23(32)19-14-22-28-18(16-7-3-2-4-8-16)13-21(24(25,26)27)31(22)29-19/h2-4,7-8,13-15,17,20H,5-6,9-12H2,1H3/t15-,17+,20-/m1/s1. The van der Waals surface area contributed by atoms with E-state index in [-0.39, 0.29) is 29.0 Å². The molecule has 2 fully saturated rings. The predicted octanol–water partition coefficient (Wildman–Crippen LogP) is 5.46. The number of nitrogens with zero attached hydrogens (tertiary/aromatic N) is 4. The summed E-state index contributed by atoms with van der Waals surface area (Å²) in [4.78, 5) is 19.6. The van der Waals surface area contributed by atoms with Gasteiger partial charge in [-0.05, 0) is 37.2 Å². The van der Waals surface area contributed by atoms with Gasteiger partial charge in [-0.3, -0.25) is 4.79 Å². The van der Waals surface area contributed by atoms with E-state index < -0.39 is 11.9 Å².